The van der Waals surface area contributed by atoms with Gasteiger partial charge in [0.1, 0.15) is 0 Å². The lowest BCUT2D eigenvalue weighted by Crippen LogP contribution is -2.33. The molecule has 0 saturated carbocycles. The number of nitrogens with one attached hydrogen (secondary N) is 1. The summed E-state index contributed by atoms with van der Waals surface area (Å²) in [6, 6.07) is 5.63. The Kier molecular flexibility index (Phi) is 3.93. The average Bonchev–Trinajstić information content (AvgIpc) is 2.82. The summed E-state index contributed by atoms with van der Waals surface area (Å²) in [6.45, 7) is 3.57. The number of hydrogen-bond acceptors (Lipinski definition) is 3. The average molecular weight is 264 g/mol. The minimum Gasteiger partial charge on any atom is -0.393 e. The molecule has 96 valence electrons. The molecule has 1 heterocycles. The molecule has 0 saturated heterocycles. The first kappa shape index (κ1) is 13.0. The lowest BCUT2D eigenvalue weighted by Gasteiger charge is -2.11. The smallest absolute Gasteiger partial charge is 0.251 e. The second-order valence-corrected chi connectivity index (χ2v) is 4.96. The molecule has 2 rings (SSSR count). The number of rotatable bonds is 4. The van der Waals surface area contributed by atoms with Crippen molar-refractivity contribution in [2.45, 2.75) is 20.1 Å². The van der Waals surface area contributed by atoms with E-state index in [0.717, 1.165) is 11.1 Å². The van der Waals surface area contributed by atoms with Gasteiger partial charge in [-0.3, -0.25) is 4.79 Å². The van der Waals surface area contributed by atoms with Crippen LogP contribution in [0.4, 0.5) is 0 Å². The highest BCUT2D eigenvalue weighted by Gasteiger charge is 2.15. The third-order valence-electron chi connectivity index (χ3n) is 3.04. The van der Waals surface area contributed by atoms with Crippen molar-refractivity contribution in [3.63, 3.8) is 0 Å². The first-order valence-electron chi connectivity index (χ1n) is 5.85. The summed E-state index contributed by atoms with van der Waals surface area (Å²) in [5.74, 6) is -0.102. The van der Waals surface area contributed by atoms with Crippen molar-refractivity contribution in [2.24, 2.45) is 11.7 Å². The minimum atomic E-state index is -0.104. The fourth-order valence-electron chi connectivity index (χ4n) is 1.76. The highest BCUT2D eigenvalue weighted by molar-refractivity contribution is 7.80. The number of benzene rings is 1. The fourth-order valence-corrected chi connectivity index (χ4v) is 1.85. The molecule has 3 N–H and O–H groups in total. The van der Waals surface area contributed by atoms with Crippen LogP contribution in [-0.2, 0) is 18.0 Å². The lowest BCUT2D eigenvalue weighted by molar-refractivity contribution is 0.0951. The van der Waals surface area contributed by atoms with Crippen LogP contribution in [0.3, 0.4) is 0 Å². The van der Waals surface area contributed by atoms with Crippen LogP contribution in [0.1, 0.15) is 28.4 Å². The van der Waals surface area contributed by atoms with E-state index >= 15 is 0 Å². The van der Waals surface area contributed by atoms with E-state index in [1.807, 2.05) is 25.1 Å². The Hall–Kier alpha value is -1.46. The van der Waals surface area contributed by atoms with E-state index in [2.05, 4.69) is 5.32 Å². The number of nitrogens with two attached hydrogens (primary N) is 1. The Bertz CT molecular complexity index is 488. The van der Waals surface area contributed by atoms with E-state index < -0.39 is 0 Å². The number of ether oxygens (including phenoxy) is 1. The molecule has 0 radical (unpaired) electrons. The highest BCUT2D eigenvalue weighted by Crippen LogP contribution is 2.20. The maximum absolute atomic E-state index is 11.9. The van der Waals surface area contributed by atoms with Gasteiger partial charge in [-0.15, -0.1) is 0 Å². The van der Waals surface area contributed by atoms with Gasteiger partial charge in [0, 0.05) is 18.0 Å². The van der Waals surface area contributed by atoms with Crippen molar-refractivity contribution in [1.82, 2.24) is 5.32 Å². The van der Waals surface area contributed by atoms with Crippen molar-refractivity contribution in [1.29, 1.82) is 0 Å². The molecule has 1 aliphatic rings. The van der Waals surface area contributed by atoms with Gasteiger partial charge in [0.05, 0.1) is 18.2 Å². The van der Waals surface area contributed by atoms with Crippen molar-refractivity contribution < 1.29 is 9.53 Å². The molecule has 1 atom stereocenters. The lowest BCUT2D eigenvalue weighted by atomic mass is 10.1. The van der Waals surface area contributed by atoms with Crippen LogP contribution in [0.5, 0.6) is 0 Å². The SMILES string of the molecule is CC(CNC(=O)c1ccc2c(c1)COC2)C(N)=S. The maximum Gasteiger partial charge on any atom is 0.251 e. The van der Waals surface area contributed by atoms with Crippen molar-refractivity contribution in [2.75, 3.05) is 6.54 Å². The summed E-state index contributed by atoms with van der Waals surface area (Å²) in [5, 5.41) is 2.82. The van der Waals surface area contributed by atoms with E-state index in [1.54, 1.807) is 0 Å². The van der Waals surface area contributed by atoms with E-state index in [4.69, 9.17) is 22.7 Å². The van der Waals surface area contributed by atoms with Gasteiger partial charge in [-0.2, -0.15) is 0 Å². The Balaban J connectivity index is 1.99. The largest absolute Gasteiger partial charge is 0.393 e. The third-order valence-corrected chi connectivity index (χ3v) is 3.44. The predicted molar refractivity (Wildman–Crippen MR) is 73.2 cm³/mol. The molecule has 1 amide bonds. The Morgan fingerprint density at radius 1 is 1.50 bits per heavy atom. The summed E-state index contributed by atoms with van der Waals surface area (Å²) >= 11 is 4.86. The molecule has 18 heavy (non-hydrogen) atoms. The summed E-state index contributed by atoms with van der Waals surface area (Å²) in [7, 11) is 0. The first-order valence-corrected chi connectivity index (χ1v) is 6.26. The molecular weight excluding hydrogens is 248 g/mol. The van der Waals surface area contributed by atoms with Gasteiger partial charge in [0.25, 0.3) is 5.91 Å². The molecule has 0 fully saturated rings. The van der Waals surface area contributed by atoms with Crippen LogP contribution in [0.2, 0.25) is 0 Å². The molecule has 1 aliphatic heterocycles. The quantitative estimate of drug-likeness (QED) is 0.806. The molecular formula is C13H16N2O2S. The van der Waals surface area contributed by atoms with Crippen molar-refractivity contribution in [3.05, 3.63) is 34.9 Å². The molecule has 1 unspecified atom stereocenters. The maximum atomic E-state index is 11.9. The summed E-state index contributed by atoms with van der Waals surface area (Å²) in [5.41, 5.74) is 8.39. The second-order valence-electron chi connectivity index (χ2n) is 4.49. The number of thiocarbonyl (C=S) groups is 1. The van der Waals surface area contributed by atoms with Gasteiger partial charge in [0.2, 0.25) is 0 Å². The van der Waals surface area contributed by atoms with Crippen LogP contribution in [0.15, 0.2) is 18.2 Å². The fraction of sp³-hybridized carbons (Fsp3) is 0.385. The Morgan fingerprint density at radius 2 is 2.22 bits per heavy atom. The van der Waals surface area contributed by atoms with Gasteiger partial charge in [0.15, 0.2) is 0 Å². The molecule has 0 aromatic heterocycles. The van der Waals surface area contributed by atoms with E-state index in [9.17, 15) is 4.79 Å². The summed E-state index contributed by atoms with van der Waals surface area (Å²) in [4.78, 5) is 12.4. The number of carbonyl (C=O) groups excluding carboxylic acids is 1. The standard InChI is InChI=1S/C13H16N2O2S/c1-8(12(14)18)5-15-13(16)9-2-3-10-6-17-7-11(10)4-9/h2-4,8H,5-7H2,1H3,(H2,14,18)(H,15,16). The topological polar surface area (TPSA) is 64.3 Å². The van der Waals surface area contributed by atoms with Crippen molar-refractivity contribution >= 4 is 23.1 Å². The molecule has 1 aromatic rings. The zero-order valence-electron chi connectivity index (χ0n) is 10.2. The van der Waals surface area contributed by atoms with Gasteiger partial charge < -0.3 is 15.8 Å². The second kappa shape index (κ2) is 5.46. The normalized spacial score (nSPS) is 14.9. The number of amides is 1. The molecule has 0 aliphatic carbocycles. The van der Waals surface area contributed by atoms with E-state index in [0.29, 0.717) is 30.3 Å². The number of fused-ring (bicyclic) bond motifs is 1. The summed E-state index contributed by atoms with van der Waals surface area (Å²) in [6.07, 6.45) is 0. The third kappa shape index (κ3) is 2.86. The number of carbonyl (C=O) groups is 1. The van der Waals surface area contributed by atoms with Crippen LogP contribution >= 0.6 is 12.2 Å². The van der Waals surface area contributed by atoms with E-state index in [1.165, 1.54) is 0 Å². The zero-order chi connectivity index (χ0) is 13.1. The first-order chi connectivity index (χ1) is 8.58. The van der Waals surface area contributed by atoms with Gasteiger partial charge >= 0.3 is 0 Å². The molecule has 5 heteroatoms. The monoisotopic (exact) mass is 264 g/mol. The molecule has 4 nitrogen and oxygen atoms in total. The Morgan fingerprint density at radius 3 is 2.94 bits per heavy atom. The van der Waals surface area contributed by atoms with E-state index in [-0.39, 0.29) is 11.8 Å². The summed E-state index contributed by atoms with van der Waals surface area (Å²) < 4.78 is 5.31. The van der Waals surface area contributed by atoms with Gasteiger partial charge in [-0.1, -0.05) is 25.2 Å². The molecule has 0 bridgehead atoms. The van der Waals surface area contributed by atoms with Crippen LogP contribution in [-0.4, -0.2) is 17.4 Å². The molecule has 1 aromatic carbocycles. The molecule has 0 spiro atoms. The van der Waals surface area contributed by atoms with Crippen LogP contribution < -0.4 is 11.1 Å². The minimum absolute atomic E-state index is 0.00158. The Labute approximate surface area is 112 Å². The zero-order valence-corrected chi connectivity index (χ0v) is 11.0. The van der Waals surface area contributed by atoms with Crippen LogP contribution in [0, 0.1) is 5.92 Å². The van der Waals surface area contributed by atoms with Gasteiger partial charge in [-0.05, 0) is 23.3 Å². The van der Waals surface area contributed by atoms with Crippen molar-refractivity contribution in [3.8, 4) is 0 Å². The highest BCUT2D eigenvalue weighted by atomic mass is 32.1. The predicted octanol–water partition coefficient (Wildman–Crippen LogP) is 1.37. The number of hydrogen-bond donors (Lipinski definition) is 2. The van der Waals surface area contributed by atoms with Gasteiger partial charge in [-0.25, -0.2) is 0 Å². The van der Waals surface area contributed by atoms with Crippen LogP contribution in [0.25, 0.3) is 0 Å².